The zero-order chi connectivity index (χ0) is 27.3. The summed E-state index contributed by atoms with van der Waals surface area (Å²) in [6.45, 7) is 14.1. The van der Waals surface area contributed by atoms with Crippen molar-refractivity contribution in [2.75, 3.05) is 93.0 Å². The average Bonchev–Trinajstić information content (AvgIpc) is 2.85. The summed E-state index contributed by atoms with van der Waals surface area (Å²) in [6.07, 6.45) is 0.783. The van der Waals surface area contributed by atoms with Crippen LogP contribution in [0.2, 0.25) is 0 Å². The zero-order valence-electron chi connectivity index (χ0n) is 23.3. The molecule has 0 amide bonds. The van der Waals surface area contributed by atoms with E-state index >= 15 is 0 Å². The van der Waals surface area contributed by atoms with E-state index in [1.54, 1.807) is 7.11 Å². The molecule has 0 aliphatic carbocycles. The Kier molecular flexibility index (Phi) is 30.6. The number of rotatable bonds is 25. The normalized spacial score (nSPS) is 12.4. The topological polar surface area (TPSA) is 117 Å². The van der Waals surface area contributed by atoms with E-state index < -0.39 is 0 Å². The summed E-state index contributed by atoms with van der Waals surface area (Å²) in [5, 5.41) is 0. The Hall–Kier alpha value is -1.34. The molecule has 0 rings (SSSR count). The van der Waals surface area contributed by atoms with Crippen molar-refractivity contribution in [3.63, 3.8) is 0 Å². The summed E-state index contributed by atoms with van der Waals surface area (Å²) in [6, 6.07) is 0. The molecule has 11 heteroatoms. The highest BCUT2D eigenvalue weighted by Crippen LogP contribution is 2.03. The molecule has 0 aromatic carbocycles. The first-order valence-corrected chi connectivity index (χ1v) is 12.8. The van der Waals surface area contributed by atoms with Crippen LogP contribution in [-0.2, 0) is 52.2 Å². The number of carbonyl (C=O) groups excluding carboxylic acids is 2. The Morgan fingerprint density at radius 3 is 1.44 bits per heavy atom. The summed E-state index contributed by atoms with van der Waals surface area (Å²) in [5.74, 6) is -0.629. The number of esters is 2. The predicted molar refractivity (Wildman–Crippen MR) is 134 cm³/mol. The van der Waals surface area contributed by atoms with Gasteiger partial charge in [0.05, 0.1) is 91.5 Å². The summed E-state index contributed by atoms with van der Waals surface area (Å²) in [7, 11) is 1.62. The first-order chi connectivity index (χ1) is 17.5. The third-order valence-electron chi connectivity index (χ3n) is 4.26. The SMILES string of the molecule is CC.CCOC(CCOC(C)=O)COCCOCCOCC(CCOC(C)=O)OCCOCCOC. The van der Waals surface area contributed by atoms with Gasteiger partial charge in [-0.05, 0) is 6.92 Å². The van der Waals surface area contributed by atoms with E-state index in [0.29, 0.717) is 92.1 Å². The molecule has 0 N–H and O–H groups in total. The molecule has 0 heterocycles. The van der Waals surface area contributed by atoms with Crippen molar-refractivity contribution >= 4 is 11.9 Å². The van der Waals surface area contributed by atoms with Gasteiger partial charge in [0.25, 0.3) is 0 Å². The van der Waals surface area contributed by atoms with Crippen molar-refractivity contribution in [3.8, 4) is 0 Å². The molecule has 0 saturated heterocycles. The van der Waals surface area contributed by atoms with Crippen molar-refractivity contribution in [1.29, 1.82) is 0 Å². The highest BCUT2D eigenvalue weighted by molar-refractivity contribution is 5.66. The van der Waals surface area contributed by atoms with E-state index in [-0.39, 0.29) is 30.8 Å². The molecule has 0 aliphatic heterocycles. The van der Waals surface area contributed by atoms with E-state index in [1.165, 1.54) is 13.8 Å². The lowest BCUT2D eigenvalue weighted by Crippen LogP contribution is -2.25. The van der Waals surface area contributed by atoms with Crippen molar-refractivity contribution in [2.24, 2.45) is 0 Å². The van der Waals surface area contributed by atoms with Gasteiger partial charge >= 0.3 is 11.9 Å². The molecule has 216 valence electrons. The van der Waals surface area contributed by atoms with Crippen LogP contribution in [-0.4, -0.2) is 117 Å². The molecule has 2 unspecified atom stereocenters. The van der Waals surface area contributed by atoms with Crippen LogP contribution in [0.25, 0.3) is 0 Å². The second-order valence-electron chi connectivity index (χ2n) is 7.19. The van der Waals surface area contributed by atoms with Gasteiger partial charge in [-0.15, -0.1) is 0 Å². The molecule has 0 aromatic rings. The molecule has 0 saturated carbocycles. The summed E-state index contributed by atoms with van der Waals surface area (Å²) < 4.78 is 48.3. The second-order valence-corrected chi connectivity index (χ2v) is 7.19. The third kappa shape index (κ3) is 28.9. The van der Waals surface area contributed by atoms with Gasteiger partial charge in [-0.2, -0.15) is 0 Å². The number of carbonyl (C=O) groups is 2. The Balaban J connectivity index is 0. The largest absolute Gasteiger partial charge is 0.466 e. The number of hydrogen-bond donors (Lipinski definition) is 0. The molecule has 0 fully saturated rings. The summed E-state index contributed by atoms with van der Waals surface area (Å²) >= 11 is 0. The molecule has 0 bridgehead atoms. The smallest absolute Gasteiger partial charge is 0.302 e. The minimum absolute atomic E-state index is 0.123. The highest BCUT2D eigenvalue weighted by Gasteiger charge is 2.11. The lowest BCUT2D eigenvalue weighted by atomic mass is 10.3. The maximum atomic E-state index is 11.0. The first kappa shape index (κ1) is 36.8. The lowest BCUT2D eigenvalue weighted by molar-refractivity contribution is -0.143. The quantitative estimate of drug-likeness (QED) is 0.129. The van der Waals surface area contributed by atoms with Gasteiger partial charge < -0.3 is 42.6 Å². The van der Waals surface area contributed by atoms with E-state index in [1.807, 2.05) is 20.8 Å². The monoisotopic (exact) mass is 526 g/mol. The zero-order valence-corrected chi connectivity index (χ0v) is 23.3. The van der Waals surface area contributed by atoms with Crippen LogP contribution in [0.5, 0.6) is 0 Å². The third-order valence-corrected chi connectivity index (χ3v) is 4.26. The van der Waals surface area contributed by atoms with Crippen LogP contribution in [0.3, 0.4) is 0 Å². The van der Waals surface area contributed by atoms with E-state index in [2.05, 4.69) is 0 Å². The minimum atomic E-state index is -0.324. The van der Waals surface area contributed by atoms with Crippen LogP contribution in [0.4, 0.5) is 0 Å². The maximum Gasteiger partial charge on any atom is 0.302 e. The van der Waals surface area contributed by atoms with Gasteiger partial charge in [-0.3, -0.25) is 9.59 Å². The fraction of sp³-hybridized carbons (Fsp3) is 0.920. The molecule has 11 nitrogen and oxygen atoms in total. The van der Waals surface area contributed by atoms with Crippen molar-refractivity contribution in [2.45, 2.75) is 59.7 Å². The number of methoxy groups -OCH3 is 1. The van der Waals surface area contributed by atoms with Gasteiger partial charge in [-0.25, -0.2) is 0 Å². The summed E-state index contributed by atoms with van der Waals surface area (Å²) in [5.41, 5.74) is 0. The Morgan fingerprint density at radius 2 is 1.00 bits per heavy atom. The number of ether oxygens (including phenoxy) is 9. The average molecular weight is 527 g/mol. The Labute approximate surface area is 217 Å². The van der Waals surface area contributed by atoms with Gasteiger partial charge in [0, 0.05) is 40.4 Å². The molecule has 0 aromatic heterocycles. The molecule has 2 atom stereocenters. The Bertz CT molecular complexity index is 477. The first-order valence-electron chi connectivity index (χ1n) is 12.8. The van der Waals surface area contributed by atoms with Gasteiger partial charge in [0.1, 0.15) is 0 Å². The van der Waals surface area contributed by atoms with Crippen LogP contribution >= 0.6 is 0 Å². The van der Waals surface area contributed by atoms with Crippen LogP contribution in [0.1, 0.15) is 47.5 Å². The second kappa shape index (κ2) is 29.9. The fourth-order valence-electron chi connectivity index (χ4n) is 2.62. The standard InChI is InChI=1S/C23H44O11.C2H6/c1-5-31-22(6-8-32-20(2)24)18-29-14-12-28-13-15-30-19-23(7-9-33-21(3)25)34-17-16-27-11-10-26-4;1-2/h22-23H,5-19H2,1-4H3;1-2H3. The van der Waals surface area contributed by atoms with Crippen LogP contribution in [0.15, 0.2) is 0 Å². The number of hydrogen-bond acceptors (Lipinski definition) is 11. The molecule has 0 spiro atoms. The van der Waals surface area contributed by atoms with Gasteiger partial charge in [-0.1, -0.05) is 13.8 Å². The van der Waals surface area contributed by atoms with Crippen molar-refractivity contribution in [3.05, 3.63) is 0 Å². The van der Waals surface area contributed by atoms with E-state index in [4.69, 9.17) is 42.6 Å². The van der Waals surface area contributed by atoms with Crippen LogP contribution < -0.4 is 0 Å². The molecule has 0 aliphatic rings. The molecular weight excluding hydrogens is 476 g/mol. The van der Waals surface area contributed by atoms with E-state index in [0.717, 1.165) is 0 Å². The lowest BCUT2D eigenvalue weighted by Gasteiger charge is -2.18. The molecule has 0 radical (unpaired) electrons. The maximum absolute atomic E-state index is 11.0. The van der Waals surface area contributed by atoms with E-state index in [9.17, 15) is 9.59 Å². The Morgan fingerprint density at radius 1 is 0.583 bits per heavy atom. The van der Waals surface area contributed by atoms with Crippen molar-refractivity contribution < 1.29 is 52.2 Å². The van der Waals surface area contributed by atoms with Gasteiger partial charge in [0.2, 0.25) is 0 Å². The summed E-state index contributed by atoms with van der Waals surface area (Å²) in [4.78, 5) is 21.8. The highest BCUT2D eigenvalue weighted by atomic mass is 16.6. The van der Waals surface area contributed by atoms with Crippen molar-refractivity contribution in [1.82, 2.24) is 0 Å². The molecular formula is C25H50O11. The molecule has 36 heavy (non-hydrogen) atoms. The predicted octanol–water partition coefficient (Wildman–Crippen LogP) is 2.42. The van der Waals surface area contributed by atoms with Crippen LogP contribution in [0, 0.1) is 0 Å². The minimum Gasteiger partial charge on any atom is -0.466 e. The fourth-order valence-corrected chi connectivity index (χ4v) is 2.62. The van der Waals surface area contributed by atoms with Gasteiger partial charge in [0.15, 0.2) is 0 Å².